The molecule has 0 saturated carbocycles. The van der Waals surface area contributed by atoms with Crippen LogP contribution in [0.25, 0.3) is 98.4 Å². The Morgan fingerprint density at radius 1 is 0.273 bits per heavy atom. The number of fused-ring (bicyclic) bond motifs is 13. The van der Waals surface area contributed by atoms with Crippen LogP contribution in [0.5, 0.6) is 0 Å². The highest BCUT2D eigenvalue weighted by Crippen LogP contribution is 2.66. The van der Waals surface area contributed by atoms with Gasteiger partial charge in [0.15, 0.2) is 0 Å². The first-order chi connectivity index (χ1) is 27.3. The van der Waals surface area contributed by atoms with Gasteiger partial charge < -0.3 is 0 Å². The van der Waals surface area contributed by atoms with E-state index in [1.165, 1.54) is 121 Å². The molecule has 0 aliphatic heterocycles. The summed E-state index contributed by atoms with van der Waals surface area (Å²) < 4.78 is 0. The molecule has 2 aliphatic rings. The van der Waals surface area contributed by atoms with Crippen molar-refractivity contribution in [3.8, 4) is 44.5 Å². The second kappa shape index (κ2) is 10.6. The molecule has 55 heavy (non-hydrogen) atoms. The van der Waals surface area contributed by atoms with Crippen LogP contribution in [0.15, 0.2) is 194 Å². The standard InChI is InChI=1S/C55H32/c1-2-11-36-28-39(23-20-33(36)10-1)47-31-38-12-3-4-15-43(38)53-46-27-26-37(42-29-40-24-21-34-13-9-14-35-22-25-41(30-42)52(40)51(34)35)32-50(46)55(54(47)53)48-18-7-5-16-44(48)45-17-6-8-19-49(45)55/h1-32H. The molecular formula is C55H32. The Balaban J connectivity index is 1.16. The minimum Gasteiger partial charge on any atom is -0.0619 e. The summed E-state index contributed by atoms with van der Waals surface area (Å²) in [6, 6.07) is 73.6. The summed E-state index contributed by atoms with van der Waals surface area (Å²) in [6.07, 6.45) is 0. The summed E-state index contributed by atoms with van der Waals surface area (Å²) in [5.41, 5.74) is 15.3. The third-order valence-corrected chi connectivity index (χ3v) is 12.9. The molecule has 13 rings (SSSR count). The fourth-order valence-electron chi connectivity index (χ4n) is 10.7. The zero-order valence-electron chi connectivity index (χ0n) is 30.0. The first-order valence-electron chi connectivity index (χ1n) is 19.3. The predicted octanol–water partition coefficient (Wildman–Crippen LogP) is 14.6. The van der Waals surface area contributed by atoms with E-state index < -0.39 is 5.41 Å². The number of rotatable bonds is 2. The maximum atomic E-state index is 2.54. The third kappa shape index (κ3) is 3.76. The van der Waals surface area contributed by atoms with Crippen molar-refractivity contribution in [3.05, 3.63) is 216 Å². The van der Waals surface area contributed by atoms with Gasteiger partial charge in [-0.25, -0.2) is 0 Å². The average Bonchev–Trinajstić information content (AvgIpc) is 3.72. The Bertz CT molecular complexity index is 3320. The zero-order chi connectivity index (χ0) is 35.8. The lowest BCUT2D eigenvalue weighted by Crippen LogP contribution is -2.26. The summed E-state index contributed by atoms with van der Waals surface area (Å²) in [5.74, 6) is 0. The van der Waals surface area contributed by atoms with E-state index in [0.717, 1.165) is 0 Å². The van der Waals surface area contributed by atoms with E-state index in [9.17, 15) is 0 Å². The van der Waals surface area contributed by atoms with Crippen molar-refractivity contribution in [2.24, 2.45) is 0 Å². The monoisotopic (exact) mass is 692 g/mol. The number of benzene rings is 11. The molecule has 1 spiro atoms. The quantitative estimate of drug-likeness (QED) is 0.158. The van der Waals surface area contributed by atoms with Crippen molar-refractivity contribution in [2.45, 2.75) is 5.41 Å². The number of hydrogen-bond donors (Lipinski definition) is 0. The Kier molecular flexibility index (Phi) is 5.65. The highest BCUT2D eigenvalue weighted by Gasteiger charge is 2.53. The second-order valence-corrected chi connectivity index (χ2v) is 15.6. The molecule has 0 amide bonds. The summed E-state index contributed by atoms with van der Waals surface area (Å²) in [7, 11) is 0. The lowest BCUT2D eigenvalue weighted by Gasteiger charge is -2.33. The Morgan fingerprint density at radius 3 is 1.56 bits per heavy atom. The Hall–Kier alpha value is -7.02. The fraction of sp³-hybridized carbons (Fsp3) is 0.0182. The lowest BCUT2D eigenvalue weighted by molar-refractivity contribution is 0.796. The normalized spacial score (nSPS) is 13.6. The molecule has 0 aromatic heterocycles. The van der Waals surface area contributed by atoms with Gasteiger partial charge in [0.05, 0.1) is 5.41 Å². The van der Waals surface area contributed by atoms with Gasteiger partial charge in [0.25, 0.3) is 0 Å². The Labute approximate surface area is 318 Å². The van der Waals surface area contributed by atoms with Crippen LogP contribution in [0.1, 0.15) is 22.3 Å². The van der Waals surface area contributed by atoms with Gasteiger partial charge >= 0.3 is 0 Å². The molecule has 11 aromatic rings. The summed E-state index contributed by atoms with van der Waals surface area (Å²) >= 11 is 0. The van der Waals surface area contributed by atoms with Crippen LogP contribution >= 0.6 is 0 Å². The minimum absolute atomic E-state index is 0.505. The second-order valence-electron chi connectivity index (χ2n) is 15.6. The molecule has 252 valence electrons. The molecule has 11 aromatic carbocycles. The maximum absolute atomic E-state index is 2.54. The van der Waals surface area contributed by atoms with E-state index in [-0.39, 0.29) is 0 Å². The van der Waals surface area contributed by atoms with Gasteiger partial charge in [-0.15, -0.1) is 0 Å². The van der Waals surface area contributed by atoms with Crippen molar-refractivity contribution in [2.75, 3.05) is 0 Å². The molecule has 0 heterocycles. The van der Waals surface area contributed by atoms with Gasteiger partial charge in [0.2, 0.25) is 0 Å². The first-order valence-corrected chi connectivity index (χ1v) is 19.3. The molecule has 0 nitrogen and oxygen atoms in total. The lowest BCUT2D eigenvalue weighted by atomic mass is 9.68. The predicted molar refractivity (Wildman–Crippen MR) is 232 cm³/mol. The van der Waals surface area contributed by atoms with Crippen LogP contribution in [0.2, 0.25) is 0 Å². The first kappa shape index (κ1) is 29.4. The summed E-state index contributed by atoms with van der Waals surface area (Å²) in [6.45, 7) is 0. The van der Waals surface area contributed by atoms with E-state index in [4.69, 9.17) is 0 Å². The summed E-state index contributed by atoms with van der Waals surface area (Å²) in [4.78, 5) is 0. The van der Waals surface area contributed by atoms with Crippen LogP contribution in [-0.4, -0.2) is 0 Å². The topological polar surface area (TPSA) is 0 Å². The van der Waals surface area contributed by atoms with E-state index in [1.54, 1.807) is 0 Å². The highest BCUT2D eigenvalue weighted by molar-refractivity contribution is 6.24. The summed E-state index contributed by atoms with van der Waals surface area (Å²) in [5, 5.41) is 13.0. The van der Waals surface area contributed by atoms with E-state index in [1.807, 2.05) is 0 Å². The molecule has 0 heteroatoms. The largest absolute Gasteiger partial charge is 0.0731 e. The van der Waals surface area contributed by atoms with Gasteiger partial charge in [0, 0.05) is 0 Å². The van der Waals surface area contributed by atoms with E-state index in [2.05, 4.69) is 194 Å². The van der Waals surface area contributed by atoms with Crippen molar-refractivity contribution >= 4 is 53.9 Å². The minimum atomic E-state index is -0.505. The van der Waals surface area contributed by atoms with Crippen molar-refractivity contribution in [1.82, 2.24) is 0 Å². The molecule has 0 saturated heterocycles. The maximum Gasteiger partial charge on any atom is 0.0731 e. The smallest absolute Gasteiger partial charge is 0.0619 e. The van der Waals surface area contributed by atoms with Gasteiger partial charge in [-0.05, 0) is 151 Å². The van der Waals surface area contributed by atoms with Crippen LogP contribution in [-0.2, 0) is 5.41 Å². The van der Waals surface area contributed by atoms with E-state index in [0.29, 0.717) is 0 Å². The zero-order valence-corrected chi connectivity index (χ0v) is 30.0. The van der Waals surface area contributed by atoms with Gasteiger partial charge in [-0.2, -0.15) is 0 Å². The van der Waals surface area contributed by atoms with Crippen LogP contribution < -0.4 is 0 Å². The highest BCUT2D eigenvalue weighted by atomic mass is 14.5. The van der Waals surface area contributed by atoms with E-state index >= 15 is 0 Å². The van der Waals surface area contributed by atoms with Crippen LogP contribution in [0, 0.1) is 0 Å². The van der Waals surface area contributed by atoms with Gasteiger partial charge in [0.1, 0.15) is 0 Å². The van der Waals surface area contributed by atoms with Crippen molar-refractivity contribution < 1.29 is 0 Å². The molecule has 0 bridgehead atoms. The molecule has 0 fully saturated rings. The number of hydrogen-bond acceptors (Lipinski definition) is 0. The molecule has 0 radical (unpaired) electrons. The molecule has 0 atom stereocenters. The van der Waals surface area contributed by atoms with Crippen LogP contribution in [0.4, 0.5) is 0 Å². The van der Waals surface area contributed by atoms with Crippen molar-refractivity contribution in [3.63, 3.8) is 0 Å². The third-order valence-electron chi connectivity index (χ3n) is 12.9. The Morgan fingerprint density at radius 2 is 0.818 bits per heavy atom. The SMILES string of the molecule is c1ccc2c(c1)-c1ccccc1C21c2cc(-c3cc4ccc5cccc6ccc(c3)c4c56)ccc2-c2c1c(-c1ccc3ccccc3c1)cc1ccccc21. The molecule has 0 unspecified atom stereocenters. The molecular weight excluding hydrogens is 661 g/mol. The van der Waals surface area contributed by atoms with Crippen LogP contribution in [0.3, 0.4) is 0 Å². The molecule has 2 aliphatic carbocycles. The fourth-order valence-corrected chi connectivity index (χ4v) is 10.7. The van der Waals surface area contributed by atoms with Gasteiger partial charge in [-0.1, -0.05) is 164 Å². The van der Waals surface area contributed by atoms with Crippen molar-refractivity contribution in [1.29, 1.82) is 0 Å². The van der Waals surface area contributed by atoms with Gasteiger partial charge in [-0.3, -0.25) is 0 Å². The molecule has 0 N–H and O–H groups in total. The average molecular weight is 693 g/mol.